The SMILES string of the molecule is C=CCC12OC3(OC)CC1C(C)C(c1ccccc1)C2C3(O)CC=C. The molecule has 3 aliphatic rings. The normalized spacial score (nSPS) is 47.2. The maximum absolute atomic E-state index is 11.9. The van der Waals surface area contributed by atoms with Crippen LogP contribution in [0, 0.1) is 17.8 Å². The lowest BCUT2D eigenvalue weighted by molar-refractivity contribution is -0.268. The van der Waals surface area contributed by atoms with Gasteiger partial charge in [0.1, 0.15) is 5.60 Å². The number of aliphatic hydroxyl groups is 1. The van der Waals surface area contributed by atoms with Gasteiger partial charge in [-0.25, -0.2) is 0 Å². The summed E-state index contributed by atoms with van der Waals surface area (Å²) in [4.78, 5) is 0. The van der Waals surface area contributed by atoms with E-state index < -0.39 is 17.0 Å². The summed E-state index contributed by atoms with van der Waals surface area (Å²) in [6.07, 6.45) is 5.66. The second kappa shape index (κ2) is 5.54. The molecule has 2 aliphatic heterocycles. The summed E-state index contributed by atoms with van der Waals surface area (Å²) in [5.41, 5.74) is -0.209. The van der Waals surface area contributed by atoms with Crippen molar-refractivity contribution in [2.45, 2.75) is 49.1 Å². The Hall–Kier alpha value is -1.42. The van der Waals surface area contributed by atoms with Crippen molar-refractivity contribution in [3.05, 3.63) is 61.2 Å². The van der Waals surface area contributed by atoms with Gasteiger partial charge in [-0.2, -0.15) is 0 Å². The quantitative estimate of drug-likeness (QED) is 0.794. The number of fused-ring (bicyclic) bond motifs is 1. The molecule has 4 rings (SSSR count). The number of methoxy groups -OCH3 is 1. The van der Waals surface area contributed by atoms with Gasteiger partial charge in [-0.05, 0) is 36.2 Å². The fourth-order valence-corrected chi connectivity index (χ4v) is 6.39. The van der Waals surface area contributed by atoms with E-state index in [9.17, 15) is 5.11 Å². The Labute approximate surface area is 150 Å². The molecule has 7 unspecified atom stereocenters. The van der Waals surface area contributed by atoms with E-state index in [1.807, 2.05) is 12.1 Å². The topological polar surface area (TPSA) is 38.7 Å². The Morgan fingerprint density at radius 1 is 1.24 bits per heavy atom. The molecule has 1 saturated carbocycles. The van der Waals surface area contributed by atoms with Crippen molar-refractivity contribution in [3.8, 4) is 0 Å². The molecule has 2 bridgehead atoms. The van der Waals surface area contributed by atoms with Crippen LogP contribution in [-0.4, -0.2) is 29.2 Å². The number of benzene rings is 1. The zero-order valence-corrected chi connectivity index (χ0v) is 15.2. The third kappa shape index (κ3) is 1.87. The van der Waals surface area contributed by atoms with Crippen LogP contribution in [0.3, 0.4) is 0 Å². The fraction of sp³-hybridized carbons (Fsp3) is 0.545. The van der Waals surface area contributed by atoms with Gasteiger partial charge in [0.15, 0.2) is 5.79 Å². The lowest BCUT2D eigenvalue weighted by Gasteiger charge is -2.44. The maximum Gasteiger partial charge on any atom is 0.198 e. The summed E-state index contributed by atoms with van der Waals surface area (Å²) >= 11 is 0. The highest BCUT2D eigenvalue weighted by atomic mass is 16.7. The van der Waals surface area contributed by atoms with Gasteiger partial charge in [0.05, 0.1) is 5.60 Å². The molecule has 7 atom stereocenters. The highest BCUT2D eigenvalue weighted by molar-refractivity contribution is 5.37. The Balaban J connectivity index is 1.92. The smallest absolute Gasteiger partial charge is 0.198 e. The molecule has 0 aromatic heterocycles. The third-order valence-electron chi connectivity index (χ3n) is 7.17. The molecule has 3 fully saturated rings. The van der Waals surface area contributed by atoms with Crippen molar-refractivity contribution in [1.82, 2.24) is 0 Å². The van der Waals surface area contributed by atoms with Crippen LogP contribution in [0.1, 0.15) is 37.7 Å². The fourth-order valence-electron chi connectivity index (χ4n) is 6.39. The van der Waals surface area contributed by atoms with Gasteiger partial charge < -0.3 is 14.6 Å². The van der Waals surface area contributed by atoms with E-state index >= 15 is 0 Å². The van der Waals surface area contributed by atoms with Gasteiger partial charge in [-0.15, -0.1) is 13.2 Å². The largest absolute Gasteiger partial charge is 0.383 e. The average molecular weight is 340 g/mol. The van der Waals surface area contributed by atoms with Crippen molar-refractivity contribution in [2.75, 3.05) is 7.11 Å². The first kappa shape index (κ1) is 17.0. The Morgan fingerprint density at radius 2 is 1.92 bits per heavy atom. The summed E-state index contributed by atoms with van der Waals surface area (Å²) in [5, 5.41) is 11.9. The van der Waals surface area contributed by atoms with Crippen LogP contribution < -0.4 is 0 Å². The lowest BCUT2D eigenvalue weighted by Crippen LogP contribution is -2.58. The van der Waals surface area contributed by atoms with Gasteiger partial charge >= 0.3 is 0 Å². The molecule has 1 aliphatic carbocycles. The average Bonchev–Trinajstić information content (AvgIpc) is 3.11. The monoisotopic (exact) mass is 340 g/mol. The van der Waals surface area contributed by atoms with E-state index in [1.54, 1.807) is 13.2 Å². The summed E-state index contributed by atoms with van der Waals surface area (Å²) in [6, 6.07) is 10.5. The first-order valence-corrected chi connectivity index (χ1v) is 9.24. The van der Waals surface area contributed by atoms with Crippen molar-refractivity contribution in [3.63, 3.8) is 0 Å². The molecule has 25 heavy (non-hydrogen) atoms. The van der Waals surface area contributed by atoms with Gasteiger partial charge in [-0.1, -0.05) is 49.4 Å². The summed E-state index contributed by atoms with van der Waals surface area (Å²) in [6.45, 7) is 10.2. The third-order valence-corrected chi connectivity index (χ3v) is 7.17. The zero-order valence-electron chi connectivity index (χ0n) is 15.2. The van der Waals surface area contributed by atoms with E-state index in [1.165, 1.54) is 5.56 Å². The van der Waals surface area contributed by atoms with Crippen LogP contribution in [0.5, 0.6) is 0 Å². The van der Waals surface area contributed by atoms with Gasteiger partial charge in [0, 0.05) is 19.4 Å². The highest BCUT2D eigenvalue weighted by Gasteiger charge is 2.83. The van der Waals surface area contributed by atoms with Crippen LogP contribution in [0.15, 0.2) is 55.6 Å². The number of hydrogen-bond acceptors (Lipinski definition) is 3. The van der Waals surface area contributed by atoms with E-state index in [-0.39, 0.29) is 11.8 Å². The second-order valence-corrected chi connectivity index (χ2v) is 8.01. The Kier molecular flexibility index (Phi) is 3.77. The van der Waals surface area contributed by atoms with E-state index in [2.05, 4.69) is 44.3 Å². The van der Waals surface area contributed by atoms with Crippen molar-refractivity contribution in [2.24, 2.45) is 17.8 Å². The van der Waals surface area contributed by atoms with Crippen molar-refractivity contribution < 1.29 is 14.6 Å². The first-order chi connectivity index (χ1) is 12.0. The molecule has 3 nitrogen and oxygen atoms in total. The summed E-state index contributed by atoms with van der Waals surface area (Å²) in [7, 11) is 1.66. The molecular formula is C22H28O3. The molecule has 2 heterocycles. The first-order valence-electron chi connectivity index (χ1n) is 9.24. The van der Waals surface area contributed by atoms with Gasteiger partial charge in [0.25, 0.3) is 0 Å². The van der Waals surface area contributed by atoms with Crippen molar-refractivity contribution >= 4 is 0 Å². The van der Waals surface area contributed by atoms with E-state index in [4.69, 9.17) is 9.47 Å². The van der Waals surface area contributed by atoms with Crippen LogP contribution in [0.4, 0.5) is 0 Å². The number of ether oxygens (including phenoxy) is 2. The highest BCUT2D eigenvalue weighted by Crippen LogP contribution is 2.75. The predicted molar refractivity (Wildman–Crippen MR) is 98.1 cm³/mol. The zero-order chi connectivity index (χ0) is 17.9. The number of rotatable bonds is 6. The minimum absolute atomic E-state index is 0.0351. The standard InChI is InChI=1S/C22H28O3/c1-5-12-20-17-14-22(24-4,25-20)21(23,13-6-2)19(20)18(15(17)3)16-10-8-7-9-11-16/h5-11,15,17-19,23H,1-2,12-14H2,3-4H3. The van der Waals surface area contributed by atoms with Gasteiger partial charge in [0.2, 0.25) is 0 Å². The minimum Gasteiger partial charge on any atom is -0.383 e. The second-order valence-electron chi connectivity index (χ2n) is 8.01. The summed E-state index contributed by atoms with van der Waals surface area (Å²) < 4.78 is 12.5. The predicted octanol–water partition coefficient (Wildman–Crippen LogP) is 4.05. The molecule has 2 saturated heterocycles. The Bertz CT molecular complexity index is 674. The molecule has 1 aromatic carbocycles. The van der Waals surface area contributed by atoms with Crippen molar-refractivity contribution in [1.29, 1.82) is 0 Å². The van der Waals surface area contributed by atoms with Crippen LogP contribution in [0.25, 0.3) is 0 Å². The molecule has 0 spiro atoms. The molecular weight excluding hydrogens is 312 g/mol. The van der Waals surface area contributed by atoms with Crippen LogP contribution in [0.2, 0.25) is 0 Å². The lowest BCUT2D eigenvalue weighted by atomic mass is 9.63. The van der Waals surface area contributed by atoms with Gasteiger partial charge in [-0.3, -0.25) is 0 Å². The minimum atomic E-state index is -1.08. The molecule has 1 aromatic rings. The van der Waals surface area contributed by atoms with E-state index in [0.29, 0.717) is 18.3 Å². The molecule has 0 radical (unpaired) electrons. The van der Waals surface area contributed by atoms with Crippen LogP contribution >= 0.6 is 0 Å². The maximum atomic E-state index is 11.9. The van der Waals surface area contributed by atoms with Crippen LogP contribution in [-0.2, 0) is 9.47 Å². The molecule has 3 heteroatoms. The molecule has 0 amide bonds. The van der Waals surface area contributed by atoms with E-state index in [0.717, 1.165) is 12.8 Å². The Morgan fingerprint density at radius 3 is 2.52 bits per heavy atom. The molecule has 134 valence electrons. The summed E-state index contributed by atoms with van der Waals surface area (Å²) in [5.74, 6) is 0.00817. The molecule has 1 N–H and O–H groups in total. The number of hydrogen-bond donors (Lipinski definition) is 1.